The third kappa shape index (κ3) is 10.1. The van der Waals surface area contributed by atoms with E-state index in [0.717, 1.165) is 19.3 Å². The van der Waals surface area contributed by atoms with Crippen LogP contribution >= 0.6 is 0 Å². The molecule has 0 bridgehead atoms. The molecule has 0 atom stereocenters. The highest BCUT2D eigenvalue weighted by molar-refractivity contribution is 5.76. The van der Waals surface area contributed by atoms with Gasteiger partial charge in [0.2, 0.25) is 0 Å². The summed E-state index contributed by atoms with van der Waals surface area (Å²) in [7, 11) is 0. The zero-order valence-corrected chi connectivity index (χ0v) is 19.0. The number of alkyl halides is 6. The van der Waals surface area contributed by atoms with Crippen LogP contribution in [0.2, 0.25) is 0 Å². The van der Waals surface area contributed by atoms with Crippen molar-refractivity contribution in [3.8, 4) is 0 Å². The monoisotopic (exact) mass is 464 g/mol. The van der Waals surface area contributed by atoms with E-state index in [-0.39, 0.29) is 23.9 Å². The quantitative estimate of drug-likeness (QED) is 0.322. The Hall–Kier alpha value is -1.48. The van der Waals surface area contributed by atoms with Crippen molar-refractivity contribution >= 4 is 11.9 Å². The number of halogens is 6. The van der Waals surface area contributed by atoms with E-state index in [1.807, 2.05) is 20.8 Å². The first-order valence-electron chi connectivity index (χ1n) is 10.4. The summed E-state index contributed by atoms with van der Waals surface area (Å²) >= 11 is 0. The van der Waals surface area contributed by atoms with Gasteiger partial charge in [-0.3, -0.25) is 9.59 Å². The van der Waals surface area contributed by atoms with E-state index >= 15 is 0 Å². The SMILES string of the molecule is CCC(C)(C)C(=O)OC(C(F)(F)F)C(F)(F)F.CCC(C)(C)C(=O)OC1CCCCC1. The lowest BCUT2D eigenvalue weighted by Gasteiger charge is -2.27. The molecule has 0 aromatic carbocycles. The average molecular weight is 464 g/mol. The second kappa shape index (κ2) is 11.4. The molecule has 10 heteroatoms. The molecular weight excluding hydrogens is 430 g/mol. The fraction of sp³-hybridized carbons (Fsp3) is 0.905. The lowest BCUT2D eigenvalue weighted by Crippen LogP contribution is -2.47. The largest absolute Gasteiger partial charge is 0.462 e. The van der Waals surface area contributed by atoms with Crippen LogP contribution in [0, 0.1) is 10.8 Å². The molecule has 1 aliphatic rings. The molecule has 0 unspecified atom stereocenters. The molecule has 1 aliphatic carbocycles. The molecule has 1 fully saturated rings. The summed E-state index contributed by atoms with van der Waals surface area (Å²) in [5.74, 6) is -1.55. The van der Waals surface area contributed by atoms with Gasteiger partial charge in [0.25, 0.3) is 6.10 Å². The van der Waals surface area contributed by atoms with E-state index in [1.165, 1.54) is 40.0 Å². The Labute approximate surface area is 180 Å². The average Bonchev–Trinajstić information content (AvgIpc) is 2.65. The van der Waals surface area contributed by atoms with Gasteiger partial charge in [-0.2, -0.15) is 26.3 Å². The van der Waals surface area contributed by atoms with E-state index < -0.39 is 29.8 Å². The second-order valence-corrected chi connectivity index (χ2v) is 9.01. The topological polar surface area (TPSA) is 52.6 Å². The van der Waals surface area contributed by atoms with E-state index in [4.69, 9.17) is 4.74 Å². The molecule has 0 aromatic heterocycles. The summed E-state index contributed by atoms with van der Waals surface area (Å²) in [6.07, 6.45) is -8.46. The molecule has 184 valence electrons. The summed E-state index contributed by atoms with van der Waals surface area (Å²) in [5, 5.41) is 0. The molecule has 1 rings (SSSR count). The number of ether oxygens (including phenoxy) is 2. The standard InChI is InChI=1S/C12H22O2.C9H12F6O2/c1-4-12(2,3)11(13)14-10-8-6-5-7-9-10;1-4-7(2,3)6(16)17-5(8(10,11)12)9(13,14)15/h10H,4-9H2,1-3H3;5H,4H2,1-3H3. The highest BCUT2D eigenvalue weighted by Gasteiger charge is 2.60. The molecule has 1 saturated carbocycles. The van der Waals surface area contributed by atoms with Crippen LogP contribution in [0.1, 0.15) is 86.5 Å². The van der Waals surface area contributed by atoms with Crippen LogP contribution in [0.25, 0.3) is 0 Å². The molecule has 0 spiro atoms. The van der Waals surface area contributed by atoms with E-state index in [1.54, 1.807) is 0 Å². The highest BCUT2D eigenvalue weighted by Crippen LogP contribution is 2.37. The fourth-order valence-electron chi connectivity index (χ4n) is 2.37. The minimum Gasteiger partial charge on any atom is -0.462 e. The normalized spacial score (nSPS) is 16.4. The van der Waals surface area contributed by atoms with Gasteiger partial charge in [0, 0.05) is 0 Å². The Morgan fingerprint density at radius 1 is 0.774 bits per heavy atom. The summed E-state index contributed by atoms with van der Waals surface area (Å²) in [5.41, 5.74) is -1.70. The van der Waals surface area contributed by atoms with Crippen LogP contribution in [-0.2, 0) is 19.1 Å². The van der Waals surface area contributed by atoms with Gasteiger partial charge in [0.1, 0.15) is 6.10 Å². The Bertz CT molecular complexity index is 561. The first-order valence-corrected chi connectivity index (χ1v) is 10.4. The maximum atomic E-state index is 12.1. The molecule has 0 radical (unpaired) electrons. The summed E-state index contributed by atoms with van der Waals surface area (Å²) < 4.78 is 81.5. The molecular formula is C21H34F6O4. The Kier molecular flexibility index (Phi) is 10.9. The van der Waals surface area contributed by atoms with Crippen LogP contribution in [0.15, 0.2) is 0 Å². The molecule has 0 aliphatic heterocycles. The third-order valence-corrected chi connectivity index (χ3v) is 5.52. The molecule has 0 amide bonds. The van der Waals surface area contributed by atoms with Crippen molar-refractivity contribution in [3.05, 3.63) is 0 Å². The van der Waals surface area contributed by atoms with E-state index in [0.29, 0.717) is 0 Å². The van der Waals surface area contributed by atoms with Crippen molar-refractivity contribution in [2.45, 2.75) is 111 Å². The Morgan fingerprint density at radius 2 is 1.16 bits per heavy atom. The Balaban J connectivity index is 0.000000590. The van der Waals surface area contributed by atoms with Gasteiger partial charge in [0.15, 0.2) is 0 Å². The number of hydrogen-bond donors (Lipinski definition) is 0. The smallest absolute Gasteiger partial charge is 0.434 e. The lowest BCUT2D eigenvalue weighted by molar-refractivity contribution is -0.315. The minimum atomic E-state index is -5.67. The van der Waals surface area contributed by atoms with Crippen LogP contribution in [0.5, 0.6) is 0 Å². The first kappa shape index (κ1) is 29.5. The number of rotatable bonds is 6. The van der Waals surface area contributed by atoms with Crippen molar-refractivity contribution in [1.29, 1.82) is 0 Å². The summed E-state index contributed by atoms with van der Waals surface area (Å²) in [6, 6.07) is 0. The molecule has 0 saturated heterocycles. The van der Waals surface area contributed by atoms with Crippen LogP contribution < -0.4 is 0 Å². The van der Waals surface area contributed by atoms with Gasteiger partial charge in [0.05, 0.1) is 10.8 Å². The maximum absolute atomic E-state index is 12.1. The molecule has 4 nitrogen and oxygen atoms in total. The van der Waals surface area contributed by atoms with Gasteiger partial charge >= 0.3 is 24.3 Å². The first-order chi connectivity index (χ1) is 13.9. The summed E-state index contributed by atoms with van der Waals surface area (Å²) in [4.78, 5) is 22.9. The number of esters is 2. The van der Waals surface area contributed by atoms with Crippen molar-refractivity contribution in [1.82, 2.24) is 0 Å². The van der Waals surface area contributed by atoms with Crippen molar-refractivity contribution in [2.75, 3.05) is 0 Å². The third-order valence-electron chi connectivity index (χ3n) is 5.52. The predicted octanol–water partition coefficient (Wildman–Crippen LogP) is 6.76. The zero-order chi connectivity index (χ0) is 24.7. The number of carbonyl (C=O) groups is 2. The second-order valence-electron chi connectivity index (χ2n) is 9.01. The van der Waals surface area contributed by atoms with Gasteiger partial charge in [-0.25, -0.2) is 0 Å². The zero-order valence-electron chi connectivity index (χ0n) is 19.0. The lowest BCUT2D eigenvalue weighted by atomic mass is 9.90. The van der Waals surface area contributed by atoms with Crippen LogP contribution in [-0.4, -0.2) is 36.5 Å². The van der Waals surface area contributed by atoms with Gasteiger partial charge in [-0.15, -0.1) is 0 Å². The Morgan fingerprint density at radius 3 is 1.52 bits per heavy atom. The molecule has 31 heavy (non-hydrogen) atoms. The van der Waals surface area contributed by atoms with Gasteiger partial charge in [-0.1, -0.05) is 20.3 Å². The van der Waals surface area contributed by atoms with Crippen LogP contribution in [0.3, 0.4) is 0 Å². The van der Waals surface area contributed by atoms with Gasteiger partial charge < -0.3 is 9.47 Å². The van der Waals surface area contributed by atoms with Crippen molar-refractivity contribution in [3.63, 3.8) is 0 Å². The van der Waals surface area contributed by atoms with E-state index in [2.05, 4.69) is 4.74 Å². The highest BCUT2D eigenvalue weighted by atomic mass is 19.4. The number of hydrogen-bond acceptors (Lipinski definition) is 4. The molecule has 0 aromatic rings. The van der Waals surface area contributed by atoms with Crippen LogP contribution in [0.4, 0.5) is 26.3 Å². The van der Waals surface area contributed by atoms with Crippen molar-refractivity contribution in [2.24, 2.45) is 10.8 Å². The minimum absolute atomic E-state index is 0.0214. The van der Waals surface area contributed by atoms with Gasteiger partial charge in [-0.05, 0) is 66.2 Å². The van der Waals surface area contributed by atoms with E-state index in [9.17, 15) is 35.9 Å². The van der Waals surface area contributed by atoms with Crippen molar-refractivity contribution < 1.29 is 45.4 Å². The summed E-state index contributed by atoms with van der Waals surface area (Å²) in [6.45, 7) is 9.81. The molecule has 0 N–H and O–H groups in total. The molecule has 0 heterocycles. The predicted molar refractivity (Wildman–Crippen MR) is 103 cm³/mol. The maximum Gasteiger partial charge on any atom is 0.434 e. The fourth-order valence-corrected chi connectivity index (χ4v) is 2.37. The number of carbonyl (C=O) groups excluding carboxylic acids is 2.